The second kappa shape index (κ2) is 3.74. The van der Waals surface area contributed by atoms with Gasteiger partial charge in [0.1, 0.15) is 5.69 Å². The van der Waals surface area contributed by atoms with Gasteiger partial charge in [-0.15, -0.1) is 0 Å². The minimum absolute atomic E-state index is 0.117. The summed E-state index contributed by atoms with van der Waals surface area (Å²) < 4.78 is 0. The van der Waals surface area contributed by atoms with Gasteiger partial charge in [-0.05, 0) is 26.3 Å². The quantitative estimate of drug-likeness (QED) is 0.684. The highest BCUT2D eigenvalue weighted by Gasteiger charge is 2.19. The highest BCUT2D eigenvalue weighted by atomic mass is 16.2. The van der Waals surface area contributed by atoms with E-state index in [1.165, 1.54) is 0 Å². The average molecular weight is 195 g/mol. The van der Waals surface area contributed by atoms with Gasteiger partial charge in [0.15, 0.2) is 0 Å². The summed E-state index contributed by atoms with van der Waals surface area (Å²) in [7, 11) is 0. The lowest BCUT2D eigenvalue weighted by molar-refractivity contribution is 0.0907. The van der Waals surface area contributed by atoms with E-state index in [2.05, 4.69) is 10.3 Å². The van der Waals surface area contributed by atoms with E-state index in [-0.39, 0.29) is 11.4 Å². The lowest BCUT2D eigenvalue weighted by Crippen LogP contribution is -2.42. The molecule has 0 spiro atoms. The lowest BCUT2D eigenvalue weighted by atomic mass is 10.0. The number of hydrogen-bond acceptors (Lipinski definition) is 2. The maximum atomic E-state index is 11.6. The van der Waals surface area contributed by atoms with Crippen molar-refractivity contribution in [1.82, 2.24) is 10.3 Å². The molecule has 0 aromatic carbocycles. The number of carbonyl (C=O) groups excluding carboxylic acids is 1. The van der Waals surface area contributed by atoms with Crippen LogP contribution in [0.25, 0.3) is 0 Å². The molecule has 1 heterocycles. The van der Waals surface area contributed by atoms with E-state index in [9.17, 15) is 4.79 Å². The van der Waals surface area contributed by atoms with Crippen LogP contribution in [0.1, 0.15) is 37.7 Å². The van der Waals surface area contributed by atoms with E-state index >= 15 is 0 Å². The number of rotatable bonds is 3. The summed E-state index contributed by atoms with van der Waals surface area (Å²) >= 11 is 0. The highest BCUT2D eigenvalue weighted by molar-refractivity contribution is 5.93. The first kappa shape index (κ1) is 10.6. The number of nitrogen functional groups attached to an aromatic ring is 1. The van der Waals surface area contributed by atoms with E-state index in [4.69, 9.17) is 5.73 Å². The predicted molar refractivity (Wildman–Crippen MR) is 57.0 cm³/mol. The molecule has 0 unspecified atom stereocenters. The van der Waals surface area contributed by atoms with Crippen LogP contribution in [-0.4, -0.2) is 16.4 Å². The third-order valence-electron chi connectivity index (χ3n) is 2.29. The SMILES string of the molecule is CCC(C)(C)NC(=O)c1cc(N)c[nH]1. The van der Waals surface area contributed by atoms with Crippen LogP contribution < -0.4 is 11.1 Å². The van der Waals surface area contributed by atoms with E-state index in [1.807, 2.05) is 20.8 Å². The Kier molecular flexibility index (Phi) is 2.84. The number of nitrogens with two attached hydrogens (primary N) is 1. The molecule has 1 aromatic rings. The van der Waals surface area contributed by atoms with Gasteiger partial charge in [0.05, 0.1) is 0 Å². The molecule has 0 radical (unpaired) electrons. The molecule has 4 heteroatoms. The molecule has 0 aliphatic carbocycles. The zero-order valence-electron chi connectivity index (χ0n) is 8.85. The van der Waals surface area contributed by atoms with E-state index in [0.717, 1.165) is 6.42 Å². The summed E-state index contributed by atoms with van der Waals surface area (Å²) in [4.78, 5) is 14.4. The van der Waals surface area contributed by atoms with Gasteiger partial charge >= 0.3 is 0 Å². The van der Waals surface area contributed by atoms with Crippen molar-refractivity contribution >= 4 is 11.6 Å². The fourth-order valence-electron chi connectivity index (χ4n) is 1.01. The van der Waals surface area contributed by atoms with E-state index in [1.54, 1.807) is 12.3 Å². The molecule has 0 bridgehead atoms. The Bertz CT molecular complexity index is 328. The van der Waals surface area contributed by atoms with E-state index in [0.29, 0.717) is 11.4 Å². The molecule has 1 aromatic heterocycles. The molecule has 0 aliphatic heterocycles. The maximum absolute atomic E-state index is 11.6. The predicted octanol–water partition coefficient (Wildman–Crippen LogP) is 1.52. The zero-order chi connectivity index (χ0) is 10.8. The van der Waals surface area contributed by atoms with Crippen molar-refractivity contribution in [2.75, 3.05) is 5.73 Å². The Balaban J connectivity index is 2.68. The number of aromatic nitrogens is 1. The van der Waals surface area contributed by atoms with Crippen LogP contribution in [0.4, 0.5) is 5.69 Å². The largest absolute Gasteiger partial charge is 0.397 e. The molecule has 0 aliphatic rings. The monoisotopic (exact) mass is 195 g/mol. The molecule has 78 valence electrons. The number of hydrogen-bond donors (Lipinski definition) is 3. The molecule has 1 rings (SSSR count). The van der Waals surface area contributed by atoms with Gasteiger partial charge in [0.2, 0.25) is 0 Å². The van der Waals surface area contributed by atoms with Gasteiger partial charge in [0, 0.05) is 17.4 Å². The van der Waals surface area contributed by atoms with Crippen LogP contribution in [-0.2, 0) is 0 Å². The van der Waals surface area contributed by atoms with Crippen molar-refractivity contribution in [1.29, 1.82) is 0 Å². The molecular weight excluding hydrogens is 178 g/mol. The third-order valence-corrected chi connectivity index (χ3v) is 2.29. The smallest absolute Gasteiger partial charge is 0.268 e. The number of anilines is 1. The molecule has 1 amide bonds. The van der Waals surface area contributed by atoms with Crippen LogP contribution in [0.5, 0.6) is 0 Å². The van der Waals surface area contributed by atoms with Crippen molar-refractivity contribution in [3.8, 4) is 0 Å². The van der Waals surface area contributed by atoms with Crippen LogP contribution in [0, 0.1) is 0 Å². The molecule has 0 saturated heterocycles. The summed E-state index contributed by atoms with van der Waals surface area (Å²) in [6.45, 7) is 6.00. The first-order chi connectivity index (χ1) is 6.44. The van der Waals surface area contributed by atoms with Crippen molar-refractivity contribution in [2.45, 2.75) is 32.7 Å². The molecule has 0 atom stereocenters. The Morgan fingerprint density at radius 2 is 2.29 bits per heavy atom. The van der Waals surface area contributed by atoms with Gasteiger partial charge in [-0.25, -0.2) is 0 Å². The molecule has 0 saturated carbocycles. The summed E-state index contributed by atoms with van der Waals surface area (Å²) in [5, 5.41) is 2.91. The lowest BCUT2D eigenvalue weighted by Gasteiger charge is -2.23. The molecular formula is C10H17N3O. The van der Waals surface area contributed by atoms with Crippen LogP contribution >= 0.6 is 0 Å². The van der Waals surface area contributed by atoms with Crippen molar-refractivity contribution in [3.05, 3.63) is 18.0 Å². The van der Waals surface area contributed by atoms with Crippen molar-refractivity contribution in [2.24, 2.45) is 0 Å². The molecule has 14 heavy (non-hydrogen) atoms. The Hall–Kier alpha value is -1.45. The number of amides is 1. The summed E-state index contributed by atoms with van der Waals surface area (Å²) in [6, 6.07) is 1.63. The first-order valence-corrected chi connectivity index (χ1v) is 4.71. The fourth-order valence-corrected chi connectivity index (χ4v) is 1.01. The topological polar surface area (TPSA) is 70.9 Å². The van der Waals surface area contributed by atoms with Crippen molar-refractivity contribution in [3.63, 3.8) is 0 Å². The number of H-pyrrole nitrogens is 1. The van der Waals surface area contributed by atoms with Gasteiger partial charge in [0.25, 0.3) is 5.91 Å². The second-order valence-corrected chi connectivity index (χ2v) is 4.04. The minimum atomic E-state index is -0.184. The average Bonchev–Trinajstić information content (AvgIpc) is 2.51. The zero-order valence-corrected chi connectivity index (χ0v) is 8.85. The second-order valence-electron chi connectivity index (χ2n) is 4.04. The summed E-state index contributed by atoms with van der Waals surface area (Å²) in [5.41, 5.74) is 6.40. The van der Waals surface area contributed by atoms with Crippen LogP contribution in [0.15, 0.2) is 12.3 Å². The number of nitrogens with one attached hydrogen (secondary N) is 2. The van der Waals surface area contributed by atoms with E-state index < -0.39 is 0 Å². The molecule has 0 fully saturated rings. The number of carbonyl (C=O) groups is 1. The standard InChI is InChI=1S/C10H17N3O/c1-4-10(2,3)13-9(14)8-5-7(11)6-12-8/h5-6,12H,4,11H2,1-3H3,(H,13,14). The maximum Gasteiger partial charge on any atom is 0.268 e. The normalized spacial score (nSPS) is 11.4. The molecule has 4 N–H and O–H groups in total. The fraction of sp³-hybridized carbons (Fsp3) is 0.500. The van der Waals surface area contributed by atoms with Gasteiger partial charge in [-0.3, -0.25) is 4.79 Å². The Labute approximate surface area is 83.9 Å². The van der Waals surface area contributed by atoms with Crippen molar-refractivity contribution < 1.29 is 4.79 Å². The van der Waals surface area contributed by atoms with Gasteiger partial charge in [-0.1, -0.05) is 6.92 Å². The van der Waals surface area contributed by atoms with Gasteiger partial charge in [-0.2, -0.15) is 0 Å². The molecule has 4 nitrogen and oxygen atoms in total. The highest BCUT2D eigenvalue weighted by Crippen LogP contribution is 2.10. The summed E-state index contributed by atoms with van der Waals surface area (Å²) in [6.07, 6.45) is 2.49. The Morgan fingerprint density at radius 1 is 1.64 bits per heavy atom. The van der Waals surface area contributed by atoms with Crippen LogP contribution in [0.2, 0.25) is 0 Å². The van der Waals surface area contributed by atoms with Gasteiger partial charge < -0.3 is 16.0 Å². The first-order valence-electron chi connectivity index (χ1n) is 4.71. The Morgan fingerprint density at radius 3 is 2.71 bits per heavy atom. The van der Waals surface area contributed by atoms with Crippen LogP contribution in [0.3, 0.4) is 0 Å². The number of aromatic amines is 1. The minimum Gasteiger partial charge on any atom is -0.397 e. The summed E-state index contributed by atoms with van der Waals surface area (Å²) in [5.74, 6) is -0.117. The third kappa shape index (κ3) is 2.52.